The minimum atomic E-state index is -4.25. The van der Waals surface area contributed by atoms with Crippen molar-refractivity contribution in [1.29, 1.82) is 0 Å². The maximum Gasteiger partial charge on any atom is 0.401 e. The minimum absolute atomic E-state index is 0.0332. The van der Waals surface area contributed by atoms with Crippen LogP contribution >= 0.6 is 0 Å². The lowest BCUT2D eigenvalue weighted by atomic mass is 9.86. The number of halogens is 3. The van der Waals surface area contributed by atoms with Crippen LogP contribution in [0.25, 0.3) is 0 Å². The molecule has 1 aliphatic rings. The monoisotopic (exact) mass is 312 g/mol. The van der Waals surface area contributed by atoms with E-state index in [1.165, 1.54) is 4.90 Å². The van der Waals surface area contributed by atoms with E-state index in [0.29, 0.717) is 25.7 Å². The summed E-state index contributed by atoms with van der Waals surface area (Å²) in [4.78, 5) is 1.28. The second-order valence-electron chi connectivity index (χ2n) is 6.38. The molecular weight excluding hydrogens is 285 g/mol. The van der Waals surface area contributed by atoms with Crippen molar-refractivity contribution in [3.05, 3.63) is 0 Å². The fourth-order valence-electron chi connectivity index (χ4n) is 2.68. The van der Waals surface area contributed by atoms with Gasteiger partial charge in [-0.2, -0.15) is 13.2 Å². The van der Waals surface area contributed by atoms with Gasteiger partial charge in [0, 0.05) is 31.7 Å². The van der Waals surface area contributed by atoms with E-state index in [1.54, 1.807) is 0 Å². The Morgan fingerprint density at radius 2 is 2.10 bits per heavy atom. The Kier molecular flexibility index (Phi) is 7.39. The first-order chi connectivity index (χ1) is 9.76. The first-order valence-electron chi connectivity index (χ1n) is 7.45. The first-order valence-corrected chi connectivity index (χ1v) is 7.45. The van der Waals surface area contributed by atoms with E-state index in [-0.39, 0.29) is 25.1 Å². The van der Waals surface area contributed by atoms with Gasteiger partial charge < -0.3 is 15.2 Å². The second kappa shape index (κ2) is 8.31. The number of rotatable bonds is 9. The van der Waals surface area contributed by atoms with Gasteiger partial charge in [0.2, 0.25) is 0 Å². The van der Waals surface area contributed by atoms with Crippen LogP contribution in [0.5, 0.6) is 0 Å². The third-order valence-electron chi connectivity index (χ3n) is 3.62. The zero-order chi connectivity index (χ0) is 15.9. The van der Waals surface area contributed by atoms with Gasteiger partial charge in [-0.05, 0) is 18.9 Å². The molecule has 1 unspecified atom stereocenters. The molecule has 21 heavy (non-hydrogen) atoms. The van der Waals surface area contributed by atoms with Crippen LogP contribution in [0.2, 0.25) is 0 Å². The molecule has 1 atom stereocenters. The highest BCUT2D eigenvalue weighted by Gasteiger charge is 2.39. The fraction of sp³-hybridized carbons (Fsp3) is 1.00. The summed E-state index contributed by atoms with van der Waals surface area (Å²) in [5.41, 5.74) is -0.296. The molecule has 0 aromatic heterocycles. The standard InChI is InChI=1S/C14H27F3N2O2/c1-12(2)7-18-8-13(3-6-21-11-13)9-19(4-5-20)10-14(15,16)17/h12,18,20H,3-11H2,1-2H3. The van der Waals surface area contributed by atoms with E-state index in [4.69, 9.17) is 9.84 Å². The Hall–Kier alpha value is -0.370. The summed E-state index contributed by atoms with van der Waals surface area (Å²) in [6, 6.07) is 0. The van der Waals surface area contributed by atoms with E-state index in [1.807, 2.05) is 0 Å². The molecule has 0 amide bonds. The summed E-state index contributed by atoms with van der Waals surface area (Å²) in [6.45, 7) is 5.78. The third-order valence-corrected chi connectivity index (χ3v) is 3.62. The van der Waals surface area contributed by atoms with Crippen LogP contribution in [0.1, 0.15) is 20.3 Å². The molecule has 0 saturated carbocycles. The summed E-state index contributed by atoms with van der Waals surface area (Å²) in [5.74, 6) is 0.494. The number of hydrogen-bond donors (Lipinski definition) is 2. The van der Waals surface area contributed by atoms with Crippen LogP contribution in [0.15, 0.2) is 0 Å². The number of nitrogens with one attached hydrogen (secondary N) is 1. The molecule has 1 rings (SSSR count). The number of ether oxygens (including phenoxy) is 1. The van der Waals surface area contributed by atoms with Crippen molar-refractivity contribution >= 4 is 0 Å². The van der Waals surface area contributed by atoms with Gasteiger partial charge in [-0.3, -0.25) is 4.90 Å². The Labute approximate surface area is 124 Å². The van der Waals surface area contributed by atoms with E-state index in [0.717, 1.165) is 13.0 Å². The SMILES string of the molecule is CC(C)CNCC1(CN(CCO)CC(F)(F)F)CCOC1. The van der Waals surface area contributed by atoms with Gasteiger partial charge in [0.15, 0.2) is 0 Å². The van der Waals surface area contributed by atoms with E-state index in [2.05, 4.69) is 19.2 Å². The van der Waals surface area contributed by atoms with Crippen molar-refractivity contribution in [2.45, 2.75) is 26.4 Å². The van der Waals surface area contributed by atoms with Crippen LogP contribution in [0.3, 0.4) is 0 Å². The molecule has 0 radical (unpaired) electrons. The highest BCUT2D eigenvalue weighted by atomic mass is 19.4. The highest BCUT2D eigenvalue weighted by molar-refractivity contribution is 4.89. The number of aliphatic hydroxyl groups excluding tert-OH is 1. The topological polar surface area (TPSA) is 44.7 Å². The highest BCUT2D eigenvalue weighted by Crippen LogP contribution is 2.30. The van der Waals surface area contributed by atoms with Crippen molar-refractivity contribution in [2.24, 2.45) is 11.3 Å². The van der Waals surface area contributed by atoms with Gasteiger partial charge in [-0.15, -0.1) is 0 Å². The normalized spacial score (nSPS) is 23.4. The van der Waals surface area contributed by atoms with Crippen LogP contribution < -0.4 is 5.32 Å². The van der Waals surface area contributed by atoms with Gasteiger partial charge in [-0.1, -0.05) is 13.8 Å². The Morgan fingerprint density at radius 1 is 1.38 bits per heavy atom. The number of alkyl halides is 3. The maximum absolute atomic E-state index is 12.6. The van der Waals surface area contributed by atoms with Crippen molar-refractivity contribution in [1.82, 2.24) is 10.2 Å². The number of aliphatic hydroxyl groups is 1. The van der Waals surface area contributed by atoms with Crippen molar-refractivity contribution in [3.8, 4) is 0 Å². The molecule has 0 aliphatic carbocycles. The Balaban J connectivity index is 2.60. The Bertz CT molecular complexity index is 292. The third kappa shape index (κ3) is 7.44. The minimum Gasteiger partial charge on any atom is -0.395 e. The predicted octanol–water partition coefficient (Wildman–Crippen LogP) is 1.50. The molecule has 7 heteroatoms. The summed E-state index contributed by atoms with van der Waals surface area (Å²) < 4.78 is 43.3. The summed E-state index contributed by atoms with van der Waals surface area (Å²) in [6.07, 6.45) is -3.50. The predicted molar refractivity (Wildman–Crippen MR) is 75.2 cm³/mol. The average Bonchev–Trinajstić information content (AvgIpc) is 2.75. The van der Waals surface area contributed by atoms with Crippen LogP contribution in [-0.4, -0.2) is 68.7 Å². The lowest BCUT2D eigenvalue weighted by Crippen LogP contribution is -2.48. The molecule has 1 heterocycles. The molecule has 0 bridgehead atoms. The maximum atomic E-state index is 12.6. The molecule has 1 fully saturated rings. The summed E-state index contributed by atoms with van der Waals surface area (Å²) >= 11 is 0. The molecule has 0 aromatic rings. The smallest absolute Gasteiger partial charge is 0.395 e. The first kappa shape index (κ1) is 18.7. The van der Waals surface area contributed by atoms with Crippen LogP contribution in [0.4, 0.5) is 13.2 Å². The molecule has 4 nitrogen and oxygen atoms in total. The quantitative estimate of drug-likeness (QED) is 0.677. The van der Waals surface area contributed by atoms with Crippen LogP contribution in [-0.2, 0) is 4.74 Å². The van der Waals surface area contributed by atoms with Gasteiger partial charge in [0.05, 0.1) is 19.8 Å². The second-order valence-corrected chi connectivity index (χ2v) is 6.38. The van der Waals surface area contributed by atoms with Gasteiger partial charge in [0.1, 0.15) is 0 Å². The van der Waals surface area contributed by atoms with E-state index in [9.17, 15) is 13.2 Å². The molecule has 1 aliphatic heterocycles. The van der Waals surface area contributed by atoms with E-state index < -0.39 is 12.7 Å². The van der Waals surface area contributed by atoms with Gasteiger partial charge in [-0.25, -0.2) is 0 Å². The largest absolute Gasteiger partial charge is 0.401 e. The molecule has 2 N–H and O–H groups in total. The van der Waals surface area contributed by atoms with E-state index >= 15 is 0 Å². The lowest BCUT2D eigenvalue weighted by molar-refractivity contribution is -0.150. The number of hydrogen-bond acceptors (Lipinski definition) is 4. The molecule has 1 saturated heterocycles. The molecular formula is C14H27F3N2O2. The van der Waals surface area contributed by atoms with Crippen molar-refractivity contribution < 1.29 is 23.0 Å². The fourth-order valence-corrected chi connectivity index (χ4v) is 2.68. The Morgan fingerprint density at radius 3 is 2.57 bits per heavy atom. The van der Waals surface area contributed by atoms with Gasteiger partial charge in [0.25, 0.3) is 0 Å². The zero-order valence-electron chi connectivity index (χ0n) is 12.9. The lowest BCUT2D eigenvalue weighted by Gasteiger charge is -2.35. The zero-order valence-corrected chi connectivity index (χ0v) is 12.9. The van der Waals surface area contributed by atoms with Crippen molar-refractivity contribution in [3.63, 3.8) is 0 Å². The van der Waals surface area contributed by atoms with Gasteiger partial charge >= 0.3 is 6.18 Å². The summed E-state index contributed by atoms with van der Waals surface area (Å²) in [5, 5.41) is 12.3. The average molecular weight is 312 g/mol. The van der Waals surface area contributed by atoms with Crippen molar-refractivity contribution in [2.75, 3.05) is 52.5 Å². The molecule has 0 spiro atoms. The molecule has 0 aromatic carbocycles. The molecule has 126 valence electrons. The number of nitrogens with zero attached hydrogens (tertiary/aromatic N) is 1. The summed E-state index contributed by atoms with van der Waals surface area (Å²) in [7, 11) is 0. The van der Waals surface area contributed by atoms with Crippen LogP contribution in [0, 0.1) is 11.3 Å².